The van der Waals surface area contributed by atoms with Crippen molar-refractivity contribution in [1.29, 1.82) is 0 Å². The third-order valence-corrected chi connectivity index (χ3v) is 6.38. The number of hydrogen-bond donors (Lipinski definition) is 1. The Hall–Kier alpha value is -2.86. The molecule has 2 heterocycles. The quantitative estimate of drug-likeness (QED) is 0.765. The molecule has 164 valence electrons. The summed E-state index contributed by atoms with van der Waals surface area (Å²) in [5.41, 5.74) is 3.99. The van der Waals surface area contributed by atoms with E-state index >= 15 is 0 Å². The number of carbonyl (C=O) groups is 2. The molecule has 1 N–H and O–H groups in total. The maximum absolute atomic E-state index is 12.9. The molecule has 2 atom stereocenters. The minimum absolute atomic E-state index is 0.0126. The second kappa shape index (κ2) is 9.52. The molecule has 4 rings (SSSR count). The molecule has 0 radical (unpaired) electrons. The summed E-state index contributed by atoms with van der Waals surface area (Å²) >= 11 is 0. The van der Waals surface area contributed by atoms with Gasteiger partial charge in [0.25, 0.3) is 0 Å². The van der Waals surface area contributed by atoms with E-state index in [4.69, 9.17) is 4.74 Å². The number of nitrogens with zero attached hydrogens (tertiary/aromatic N) is 2. The summed E-state index contributed by atoms with van der Waals surface area (Å²) in [5.74, 6) is -0.0761. The Labute approximate surface area is 184 Å². The molecule has 2 aromatic carbocycles. The minimum Gasteiger partial charge on any atom is -0.378 e. The van der Waals surface area contributed by atoms with Crippen LogP contribution in [0.4, 0.5) is 17.1 Å². The third kappa shape index (κ3) is 4.74. The lowest BCUT2D eigenvalue weighted by Gasteiger charge is -2.29. The van der Waals surface area contributed by atoms with Gasteiger partial charge in [0.05, 0.1) is 19.1 Å². The summed E-state index contributed by atoms with van der Waals surface area (Å²) in [5, 5.41) is 2.99. The van der Waals surface area contributed by atoms with Crippen LogP contribution in [0.2, 0.25) is 0 Å². The van der Waals surface area contributed by atoms with Crippen molar-refractivity contribution >= 4 is 28.9 Å². The zero-order valence-electron chi connectivity index (χ0n) is 18.3. The van der Waals surface area contributed by atoms with Crippen LogP contribution in [0, 0.1) is 5.92 Å². The lowest BCUT2D eigenvalue weighted by Crippen LogP contribution is -2.36. The molecule has 2 amide bonds. The van der Waals surface area contributed by atoms with Crippen LogP contribution in [0.5, 0.6) is 0 Å². The Morgan fingerprint density at radius 2 is 1.84 bits per heavy atom. The average Bonchev–Trinajstić information content (AvgIpc) is 3.21. The van der Waals surface area contributed by atoms with E-state index in [2.05, 4.69) is 30.1 Å². The van der Waals surface area contributed by atoms with E-state index in [1.807, 2.05) is 42.5 Å². The predicted octanol–water partition coefficient (Wildman–Crippen LogP) is 4.03. The maximum Gasteiger partial charge on any atom is 0.229 e. The van der Waals surface area contributed by atoms with Crippen molar-refractivity contribution in [2.45, 2.75) is 32.6 Å². The van der Waals surface area contributed by atoms with Crippen LogP contribution in [0.1, 0.15) is 38.2 Å². The number of carbonyl (C=O) groups excluding carboxylic acids is 2. The van der Waals surface area contributed by atoms with Gasteiger partial charge in [-0.3, -0.25) is 9.59 Å². The monoisotopic (exact) mass is 421 g/mol. The van der Waals surface area contributed by atoms with Gasteiger partial charge in [0.15, 0.2) is 0 Å². The summed E-state index contributed by atoms with van der Waals surface area (Å²) in [4.78, 5) is 29.7. The highest BCUT2D eigenvalue weighted by atomic mass is 16.5. The topological polar surface area (TPSA) is 61.9 Å². The lowest BCUT2D eigenvalue weighted by molar-refractivity contribution is -0.122. The minimum atomic E-state index is -0.351. The molecule has 2 aliphatic heterocycles. The van der Waals surface area contributed by atoms with Crippen LogP contribution >= 0.6 is 0 Å². The van der Waals surface area contributed by atoms with Gasteiger partial charge in [-0.05, 0) is 48.2 Å². The van der Waals surface area contributed by atoms with E-state index in [0.29, 0.717) is 12.5 Å². The standard InChI is InChI=1S/C25H31N3O3/c1-3-18(2)22-6-4-5-7-23(22)28-17-19(16-24(28)29)25(30)26-20-8-10-21(11-9-20)27-12-14-31-15-13-27/h4-11,18-19H,3,12-17H2,1-2H3,(H,26,30)/t18-,19+/m1/s1. The van der Waals surface area contributed by atoms with E-state index in [9.17, 15) is 9.59 Å². The molecule has 2 fully saturated rings. The van der Waals surface area contributed by atoms with Crippen molar-refractivity contribution < 1.29 is 14.3 Å². The Balaban J connectivity index is 1.41. The first-order chi connectivity index (χ1) is 15.1. The van der Waals surface area contributed by atoms with Crippen molar-refractivity contribution in [3.8, 4) is 0 Å². The van der Waals surface area contributed by atoms with Gasteiger partial charge in [-0.1, -0.05) is 32.0 Å². The highest BCUT2D eigenvalue weighted by Gasteiger charge is 2.36. The zero-order valence-corrected chi connectivity index (χ0v) is 18.3. The second-order valence-corrected chi connectivity index (χ2v) is 8.41. The smallest absolute Gasteiger partial charge is 0.229 e. The molecule has 6 heteroatoms. The van der Waals surface area contributed by atoms with E-state index < -0.39 is 0 Å². The van der Waals surface area contributed by atoms with Gasteiger partial charge in [-0.25, -0.2) is 0 Å². The molecule has 2 aliphatic rings. The molecule has 0 aliphatic carbocycles. The molecular formula is C25H31N3O3. The largest absolute Gasteiger partial charge is 0.378 e. The van der Waals surface area contributed by atoms with Crippen LogP contribution in [0.25, 0.3) is 0 Å². The molecule has 6 nitrogen and oxygen atoms in total. The second-order valence-electron chi connectivity index (χ2n) is 8.41. The molecule has 0 saturated carbocycles. The van der Waals surface area contributed by atoms with Crippen molar-refractivity contribution in [2.24, 2.45) is 5.92 Å². The predicted molar refractivity (Wildman–Crippen MR) is 124 cm³/mol. The van der Waals surface area contributed by atoms with Crippen molar-refractivity contribution in [3.05, 3.63) is 54.1 Å². The Morgan fingerprint density at radius 3 is 2.55 bits per heavy atom. The molecular weight excluding hydrogens is 390 g/mol. The van der Waals surface area contributed by atoms with Crippen molar-refractivity contribution in [1.82, 2.24) is 0 Å². The van der Waals surface area contributed by atoms with Gasteiger partial charge >= 0.3 is 0 Å². The SMILES string of the molecule is CC[C@@H](C)c1ccccc1N1C[C@@H](C(=O)Nc2ccc(N3CCOCC3)cc2)CC1=O. The molecule has 2 saturated heterocycles. The Bertz CT molecular complexity index is 922. The molecule has 0 aromatic heterocycles. The molecule has 0 spiro atoms. The fraction of sp³-hybridized carbons (Fsp3) is 0.440. The Morgan fingerprint density at radius 1 is 1.13 bits per heavy atom. The number of nitrogens with one attached hydrogen (secondary N) is 1. The highest BCUT2D eigenvalue weighted by molar-refractivity contribution is 6.04. The van der Waals surface area contributed by atoms with E-state index in [0.717, 1.165) is 55.3 Å². The first-order valence-corrected chi connectivity index (χ1v) is 11.2. The third-order valence-electron chi connectivity index (χ3n) is 6.38. The summed E-state index contributed by atoms with van der Waals surface area (Å²) in [6.07, 6.45) is 1.25. The first kappa shape index (κ1) is 21.4. The van der Waals surface area contributed by atoms with Gasteiger partial charge < -0.3 is 19.9 Å². The van der Waals surface area contributed by atoms with Crippen LogP contribution in [-0.4, -0.2) is 44.7 Å². The molecule has 0 bridgehead atoms. The number of morpholine rings is 1. The number of hydrogen-bond acceptors (Lipinski definition) is 4. The maximum atomic E-state index is 12.9. The lowest BCUT2D eigenvalue weighted by atomic mass is 9.96. The number of para-hydroxylation sites is 1. The van der Waals surface area contributed by atoms with E-state index in [1.54, 1.807) is 4.90 Å². The highest BCUT2D eigenvalue weighted by Crippen LogP contribution is 2.33. The summed E-state index contributed by atoms with van der Waals surface area (Å²) in [6.45, 7) is 7.98. The van der Waals surface area contributed by atoms with Crippen LogP contribution < -0.4 is 15.1 Å². The van der Waals surface area contributed by atoms with Crippen LogP contribution in [0.3, 0.4) is 0 Å². The van der Waals surface area contributed by atoms with Gasteiger partial charge in [0, 0.05) is 43.1 Å². The van der Waals surface area contributed by atoms with Crippen LogP contribution in [-0.2, 0) is 14.3 Å². The fourth-order valence-electron chi connectivity index (χ4n) is 4.31. The van der Waals surface area contributed by atoms with Crippen molar-refractivity contribution in [2.75, 3.05) is 48.0 Å². The van der Waals surface area contributed by atoms with Gasteiger partial charge in [0.2, 0.25) is 11.8 Å². The number of rotatable bonds is 6. The van der Waals surface area contributed by atoms with E-state index in [1.165, 1.54) is 0 Å². The number of anilines is 3. The summed E-state index contributed by atoms with van der Waals surface area (Å²) in [7, 11) is 0. The van der Waals surface area contributed by atoms with Crippen molar-refractivity contribution in [3.63, 3.8) is 0 Å². The average molecular weight is 422 g/mol. The number of benzene rings is 2. The van der Waals surface area contributed by atoms with Gasteiger partial charge in [-0.15, -0.1) is 0 Å². The zero-order chi connectivity index (χ0) is 21.8. The van der Waals surface area contributed by atoms with E-state index in [-0.39, 0.29) is 24.2 Å². The number of amides is 2. The fourth-order valence-corrected chi connectivity index (χ4v) is 4.31. The summed E-state index contributed by atoms with van der Waals surface area (Å²) < 4.78 is 5.40. The van der Waals surface area contributed by atoms with Gasteiger partial charge in [0.1, 0.15) is 0 Å². The first-order valence-electron chi connectivity index (χ1n) is 11.2. The molecule has 2 aromatic rings. The summed E-state index contributed by atoms with van der Waals surface area (Å²) in [6, 6.07) is 15.9. The van der Waals surface area contributed by atoms with Gasteiger partial charge in [-0.2, -0.15) is 0 Å². The number of ether oxygens (including phenoxy) is 1. The molecule has 31 heavy (non-hydrogen) atoms. The Kier molecular flexibility index (Phi) is 6.56. The van der Waals surface area contributed by atoms with Crippen LogP contribution in [0.15, 0.2) is 48.5 Å². The molecule has 0 unspecified atom stereocenters. The normalized spacial score (nSPS) is 20.1.